The third kappa shape index (κ3) is 4.34. The molecule has 2 heterocycles. The first-order chi connectivity index (χ1) is 14.1. The van der Waals surface area contributed by atoms with E-state index in [1.54, 1.807) is 6.07 Å². The third-order valence-corrected chi connectivity index (χ3v) is 4.82. The third-order valence-electron chi connectivity index (χ3n) is 4.82. The van der Waals surface area contributed by atoms with Crippen LogP contribution in [0.1, 0.15) is 23.3 Å². The Labute approximate surface area is 167 Å². The maximum Gasteiger partial charge on any atom is 0.274 e. The van der Waals surface area contributed by atoms with E-state index in [1.165, 1.54) is 31.2 Å². The minimum Gasteiger partial charge on any atom is -0.372 e. The Bertz CT molecular complexity index is 980. The first kappa shape index (κ1) is 18.9. The van der Waals surface area contributed by atoms with Crippen molar-refractivity contribution in [2.24, 2.45) is 0 Å². The number of carbonyl (C=O) groups is 1. The number of para-hydroxylation sites is 1. The smallest absolute Gasteiger partial charge is 0.274 e. The minimum absolute atomic E-state index is 0.202. The predicted molar refractivity (Wildman–Crippen MR) is 110 cm³/mol. The van der Waals surface area contributed by atoms with Gasteiger partial charge in [-0.05, 0) is 61.4 Å². The second-order valence-corrected chi connectivity index (χ2v) is 6.85. The number of amides is 1. The Morgan fingerprint density at radius 3 is 2.17 bits per heavy atom. The molecule has 5 nitrogen and oxygen atoms in total. The van der Waals surface area contributed by atoms with E-state index in [4.69, 9.17) is 0 Å². The topological polar surface area (TPSA) is 57.3 Å². The van der Waals surface area contributed by atoms with E-state index in [-0.39, 0.29) is 17.3 Å². The highest BCUT2D eigenvalue weighted by molar-refractivity contribution is 6.03. The lowest BCUT2D eigenvalue weighted by atomic mass is 10.2. The largest absolute Gasteiger partial charge is 0.372 e. The van der Waals surface area contributed by atoms with Crippen molar-refractivity contribution in [3.05, 3.63) is 78.1 Å². The molecule has 29 heavy (non-hydrogen) atoms. The van der Waals surface area contributed by atoms with Crippen LogP contribution in [-0.2, 0) is 0 Å². The highest BCUT2D eigenvalue weighted by Crippen LogP contribution is 2.24. The van der Waals surface area contributed by atoms with Crippen LogP contribution in [0, 0.1) is 11.6 Å². The van der Waals surface area contributed by atoms with Crippen LogP contribution in [0.3, 0.4) is 0 Å². The molecule has 4 rings (SSSR count). The molecule has 1 saturated heterocycles. The number of hydrogen-bond donors (Lipinski definition) is 2. The first-order valence-corrected chi connectivity index (χ1v) is 9.43. The summed E-state index contributed by atoms with van der Waals surface area (Å²) in [6.45, 7) is 2.12. The van der Waals surface area contributed by atoms with Crippen LogP contribution in [0.5, 0.6) is 0 Å². The van der Waals surface area contributed by atoms with Crippen LogP contribution in [0.15, 0.2) is 60.8 Å². The Kier molecular flexibility index (Phi) is 5.37. The number of nitrogens with zero attached hydrogens (tertiary/aromatic N) is 2. The van der Waals surface area contributed by atoms with Gasteiger partial charge < -0.3 is 15.5 Å². The predicted octanol–water partition coefficient (Wildman–Crippen LogP) is 4.96. The molecule has 0 saturated carbocycles. The standard InChI is InChI=1S/C22H20F2N4O/c23-18-4-3-5-19(24)21(18)26-16-8-11-20(25-14-16)22(29)27-15-6-9-17(10-7-15)28-12-1-2-13-28/h3-11,14,26H,1-2,12-13H2,(H,27,29). The summed E-state index contributed by atoms with van der Waals surface area (Å²) in [6.07, 6.45) is 3.77. The number of carbonyl (C=O) groups excluding carboxylic acids is 1. The second-order valence-electron chi connectivity index (χ2n) is 6.85. The van der Waals surface area contributed by atoms with Gasteiger partial charge >= 0.3 is 0 Å². The van der Waals surface area contributed by atoms with E-state index < -0.39 is 11.6 Å². The lowest BCUT2D eigenvalue weighted by molar-refractivity contribution is 0.102. The summed E-state index contributed by atoms with van der Waals surface area (Å²) in [5.74, 6) is -1.77. The van der Waals surface area contributed by atoms with E-state index in [0.717, 1.165) is 30.9 Å². The van der Waals surface area contributed by atoms with Gasteiger partial charge in [0.05, 0.1) is 11.9 Å². The van der Waals surface area contributed by atoms with Crippen molar-refractivity contribution < 1.29 is 13.6 Å². The van der Waals surface area contributed by atoms with Crippen molar-refractivity contribution in [2.75, 3.05) is 28.6 Å². The summed E-state index contributed by atoms with van der Waals surface area (Å²) in [4.78, 5) is 18.8. The molecule has 1 amide bonds. The monoisotopic (exact) mass is 394 g/mol. The van der Waals surface area contributed by atoms with Gasteiger partial charge in [0.15, 0.2) is 0 Å². The normalized spacial score (nSPS) is 13.4. The molecule has 0 atom stereocenters. The van der Waals surface area contributed by atoms with Crippen LogP contribution in [-0.4, -0.2) is 24.0 Å². The molecule has 148 valence electrons. The van der Waals surface area contributed by atoms with E-state index >= 15 is 0 Å². The van der Waals surface area contributed by atoms with Crippen LogP contribution in [0.4, 0.5) is 31.5 Å². The van der Waals surface area contributed by atoms with Crippen molar-refractivity contribution in [3.8, 4) is 0 Å². The van der Waals surface area contributed by atoms with Crippen molar-refractivity contribution in [3.63, 3.8) is 0 Å². The lowest BCUT2D eigenvalue weighted by Gasteiger charge is -2.17. The van der Waals surface area contributed by atoms with Gasteiger partial charge in [0.2, 0.25) is 0 Å². The van der Waals surface area contributed by atoms with Gasteiger partial charge in [-0.3, -0.25) is 4.79 Å². The molecule has 1 aliphatic rings. The molecular formula is C22H20F2N4O. The molecule has 0 unspecified atom stereocenters. The van der Waals surface area contributed by atoms with Gasteiger partial charge in [-0.25, -0.2) is 13.8 Å². The van der Waals surface area contributed by atoms with Crippen LogP contribution in [0.2, 0.25) is 0 Å². The summed E-state index contributed by atoms with van der Waals surface area (Å²) in [7, 11) is 0. The van der Waals surface area contributed by atoms with Crippen molar-refractivity contribution in [1.29, 1.82) is 0 Å². The van der Waals surface area contributed by atoms with Crippen molar-refractivity contribution in [1.82, 2.24) is 4.98 Å². The van der Waals surface area contributed by atoms with E-state index in [1.807, 2.05) is 24.3 Å². The molecule has 1 aromatic heterocycles. The molecule has 1 fully saturated rings. The Hall–Kier alpha value is -3.48. The van der Waals surface area contributed by atoms with Gasteiger partial charge in [0.1, 0.15) is 23.0 Å². The van der Waals surface area contributed by atoms with E-state index in [9.17, 15) is 13.6 Å². The first-order valence-electron chi connectivity index (χ1n) is 9.43. The van der Waals surface area contributed by atoms with Gasteiger partial charge in [0, 0.05) is 24.5 Å². The summed E-state index contributed by atoms with van der Waals surface area (Å²) in [5, 5.41) is 5.44. The zero-order valence-electron chi connectivity index (χ0n) is 15.7. The van der Waals surface area contributed by atoms with Crippen LogP contribution < -0.4 is 15.5 Å². The van der Waals surface area contributed by atoms with Gasteiger partial charge in [-0.1, -0.05) is 6.07 Å². The molecule has 1 aliphatic heterocycles. The Balaban J connectivity index is 1.40. The second kappa shape index (κ2) is 8.26. The van der Waals surface area contributed by atoms with Gasteiger partial charge in [-0.15, -0.1) is 0 Å². The molecule has 0 bridgehead atoms. The summed E-state index contributed by atoms with van der Waals surface area (Å²) >= 11 is 0. The maximum absolute atomic E-state index is 13.7. The maximum atomic E-state index is 13.7. The number of aromatic nitrogens is 1. The zero-order valence-corrected chi connectivity index (χ0v) is 15.7. The fourth-order valence-electron chi connectivity index (χ4n) is 3.29. The molecule has 2 aromatic carbocycles. The van der Waals surface area contributed by atoms with Crippen molar-refractivity contribution in [2.45, 2.75) is 12.8 Å². The lowest BCUT2D eigenvalue weighted by Crippen LogP contribution is -2.17. The average Bonchev–Trinajstić information content (AvgIpc) is 3.27. The fraction of sp³-hybridized carbons (Fsp3) is 0.182. The number of halogens is 2. The average molecular weight is 394 g/mol. The summed E-state index contributed by atoms with van der Waals surface area (Å²) < 4.78 is 27.4. The van der Waals surface area contributed by atoms with Crippen LogP contribution >= 0.6 is 0 Å². The molecule has 2 N–H and O–H groups in total. The molecular weight excluding hydrogens is 374 g/mol. The number of pyridine rings is 1. The Morgan fingerprint density at radius 1 is 0.897 bits per heavy atom. The van der Waals surface area contributed by atoms with E-state index in [0.29, 0.717) is 11.4 Å². The molecule has 0 spiro atoms. The molecule has 0 aliphatic carbocycles. The number of hydrogen-bond acceptors (Lipinski definition) is 4. The molecule has 3 aromatic rings. The molecule has 7 heteroatoms. The van der Waals surface area contributed by atoms with Gasteiger partial charge in [-0.2, -0.15) is 0 Å². The zero-order chi connectivity index (χ0) is 20.2. The number of benzene rings is 2. The van der Waals surface area contributed by atoms with E-state index in [2.05, 4.69) is 20.5 Å². The van der Waals surface area contributed by atoms with Crippen molar-refractivity contribution >= 4 is 28.7 Å². The molecule has 0 radical (unpaired) electrons. The highest BCUT2D eigenvalue weighted by Gasteiger charge is 2.13. The fourth-order valence-corrected chi connectivity index (χ4v) is 3.29. The quantitative estimate of drug-likeness (QED) is 0.643. The number of anilines is 4. The highest BCUT2D eigenvalue weighted by atomic mass is 19.1. The number of rotatable bonds is 5. The van der Waals surface area contributed by atoms with Crippen LogP contribution in [0.25, 0.3) is 0 Å². The SMILES string of the molecule is O=C(Nc1ccc(N2CCCC2)cc1)c1ccc(Nc2c(F)cccc2F)cn1. The van der Waals surface area contributed by atoms with Gasteiger partial charge in [0.25, 0.3) is 5.91 Å². The minimum atomic E-state index is -0.704. The summed E-state index contributed by atoms with van der Waals surface area (Å²) in [5.41, 5.74) is 2.14. The summed E-state index contributed by atoms with van der Waals surface area (Å²) in [6, 6.07) is 14.4. The number of nitrogens with one attached hydrogen (secondary N) is 2. The Morgan fingerprint density at radius 2 is 1.55 bits per heavy atom.